The first-order valence-corrected chi connectivity index (χ1v) is 8.50. The summed E-state index contributed by atoms with van der Waals surface area (Å²) >= 11 is 0. The van der Waals surface area contributed by atoms with Crippen LogP contribution in [0.3, 0.4) is 0 Å². The van der Waals surface area contributed by atoms with Gasteiger partial charge in [-0.15, -0.1) is 0 Å². The molecule has 3 rings (SSSR count). The van der Waals surface area contributed by atoms with Crippen molar-refractivity contribution in [2.45, 2.75) is 26.6 Å². The van der Waals surface area contributed by atoms with Gasteiger partial charge in [0.25, 0.3) is 0 Å². The van der Waals surface area contributed by atoms with Crippen LogP contribution in [0.2, 0.25) is 0 Å². The van der Waals surface area contributed by atoms with Gasteiger partial charge in [0, 0.05) is 6.54 Å². The van der Waals surface area contributed by atoms with Crippen molar-refractivity contribution in [1.29, 1.82) is 0 Å². The number of nitrogens with one attached hydrogen (secondary N) is 1. The zero-order chi connectivity index (χ0) is 17.3. The highest BCUT2D eigenvalue weighted by Crippen LogP contribution is 2.29. The van der Waals surface area contributed by atoms with Crippen LogP contribution in [0.25, 0.3) is 0 Å². The summed E-state index contributed by atoms with van der Waals surface area (Å²) in [5.41, 5.74) is 2.27. The molecule has 3 aromatic rings. The molecular formula is C21H23NO3. The summed E-state index contributed by atoms with van der Waals surface area (Å²) in [4.78, 5) is 0. The van der Waals surface area contributed by atoms with E-state index in [-0.39, 0.29) is 0 Å². The van der Waals surface area contributed by atoms with Crippen molar-refractivity contribution in [3.8, 4) is 11.5 Å². The van der Waals surface area contributed by atoms with E-state index in [1.165, 1.54) is 0 Å². The molecule has 0 bridgehead atoms. The minimum absolute atomic E-state index is 0.525. The van der Waals surface area contributed by atoms with Crippen molar-refractivity contribution in [3.05, 3.63) is 83.8 Å². The molecule has 0 spiro atoms. The average molecular weight is 337 g/mol. The van der Waals surface area contributed by atoms with Crippen LogP contribution in [0.15, 0.2) is 71.3 Å². The van der Waals surface area contributed by atoms with Crippen LogP contribution in [0.5, 0.6) is 11.5 Å². The van der Waals surface area contributed by atoms with Gasteiger partial charge in [-0.3, -0.25) is 0 Å². The third-order valence-electron chi connectivity index (χ3n) is 3.75. The van der Waals surface area contributed by atoms with Gasteiger partial charge in [0.15, 0.2) is 11.5 Å². The monoisotopic (exact) mass is 337 g/mol. The van der Waals surface area contributed by atoms with E-state index in [0.29, 0.717) is 19.8 Å². The summed E-state index contributed by atoms with van der Waals surface area (Å²) in [6.45, 7) is 4.54. The van der Waals surface area contributed by atoms with E-state index in [1.54, 1.807) is 6.26 Å². The molecule has 0 atom stereocenters. The first-order valence-electron chi connectivity index (χ1n) is 8.50. The van der Waals surface area contributed by atoms with E-state index in [0.717, 1.165) is 34.9 Å². The number of hydrogen-bond donors (Lipinski definition) is 1. The summed E-state index contributed by atoms with van der Waals surface area (Å²) in [7, 11) is 0. The number of ether oxygens (including phenoxy) is 2. The first kappa shape index (κ1) is 17.1. The molecule has 0 aliphatic rings. The molecule has 1 N–H and O–H groups in total. The quantitative estimate of drug-likeness (QED) is 0.622. The standard InChI is InChI=1S/C21H23NO3/c1-2-23-21-13-18(14-22-15-19-9-6-12-24-19)10-11-20(21)25-16-17-7-4-3-5-8-17/h3-13,22H,2,14-16H2,1H3. The van der Waals surface area contributed by atoms with Gasteiger partial charge < -0.3 is 19.2 Å². The van der Waals surface area contributed by atoms with Crippen molar-refractivity contribution < 1.29 is 13.9 Å². The van der Waals surface area contributed by atoms with E-state index < -0.39 is 0 Å². The van der Waals surface area contributed by atoms with Gasteiger partial charge in [0.05, 0.1) is 19.4 Å². The van der Waals surface area contributed by atoms with Gasteiger partial charge in [-0.05, 0) is 42.3 Å². The predicted octanol–water partition coefficient (Wildman–Crippen LogP) is 4.55. The maximum atomic E-state index is 5.93. The predicted molar refractivity (Wildman–Crippen MR) is 97.6 cm³/mol. The van der Waals surface area contributed by atoms with Crippen LogP contribution in [0, 0.1) is 0 Å². The lowest BCUT2D eigenvalue weighted by Gasteiger charge is -2.14. The Balaban J connectivity index is 1.60. The highest BCUT2D eigenvalue weighted by Gasteiger charge is 2.07. The van der Waals surface area contributed by atoms with Crippen molar-refractivity contribution in [1.82, 2.24) is 5.32 Å². The lowest BCUT2D eigenvalue weighted by Crippen LogP contribution is -2.12. The summed E-state index contributed by atoms with van der Waals surface area (Å²) in [6, 6.07) is 20.0. The molecule has 4 heteroatoms. The van der Waals surface area contributed by atoms with Crippen molar-refractivity contribution in [2.24, 2.45) is 0 Å². The molecule has 0 saturated heterocycles. The van der Waals surface area contributed by atoms with Crippen molar-refractivity contribution >= 4 is 0 Å². The lowest BCUT2D eigenvalue weighted by atomic mass is 10.2. The minimum atomic E-state index is 0.525. The number of hydrogen-bond acceptors (Lipinski definition) is 4. The molecule has 4 nitrogen and oxygen atoms in total. The van der Waals surface area contributed by atoms with Gasteiger partial charge in [0.2, 0.25) is 0 Å². The van der Waals surface area contributed by atoms with Gasteiger partial charge >= 0.3 is 0 Å². The third-order valence-corrected chi connectivity index (χ3v) is 3.75. The Bertz CT molecular complexity index is 754. The normalized spacial score (nSPS) is 10.6. The average Bonchev–Trinajstić information content (AvgIpc) is 3.16. The SMILES string of the molecule is CCOc1cc(CNCc2ccco2)ccc1OCc1ccccc1. The minimum Gasteiger partial charge on any atom is -0.490 e. The maximum absolute atomic E-state index is 5.93. The number of rotatable bonds is 9. The Morgan fingerprint density at radius 2 is 1.72 bits per heavy atom. The van der Waals surface area contributed by atoms with Crippen molar-refractivity contribution in [3.63, 3.8) is 0 Å². The lowest BCUT2D eigenvalue weighted by molar-refractivity contribution is 0.269. The Morgan fingerprint density at radius 1 is 0.840 bits per heavy atom. The van der Waals surface area contributed by atoms with E-state index in [2.05, 4.69) is 11.4 Å². The molecule has 2 aromatic carbocycles. The second kappa shape index (κ2) is 8.94. The molecule has 0 radical (unpaired) electrons. The fourth-order valence-corrected chi connectivity index (χ4v) is 2.53. The van der Waals surface area contributed by atoms with E-state index in [1.807, 2.05) is 61.5 Å². The van der Waals surface area contributed by atoms with Crippen LogP contribution in [0.1, 0.15) is 23.8 Å². The fraction of sp³-hybridized carbons (Fsp3) is 0.238. The van der Waals surface area contributed by atoms with E-state index in [9.17, 15) is 0 Å². The zero-order valence-electron chi connectivity index (χ0n) is 14.4. The molecule has 25 heavy (non-hydrogen) atoms. The van der Waals surface area contributed by atoms with E-state index >= 15 is 0 Å². The zero-order valence-corrected chi connectivity index (χ0v) is 14.4. The Labute approximate surface area is 148 Å². The second-order valence-corrected chi connectivity index (χ2v) is 5.67. The highest BCUT2D eigenvalue weighted by atomic mass is 16.5. The topological polar surface area (TPSA) is 43.6 Å². The Hall–Kier alpha value is -2.72. The summed E-state index contributed by atoms with van der Waals surface area (Å²) in [5.74, 6) is 2.46. The first-order chi connectivity index (χ1) is 12.3. The molecule has 1 aromatic heterocycles. The molecule has 0 saturated carbocycles. The molecule has 0 amide bonds. The highest BCUT2D eigenvalue weighted by molar-refractivity contribution is 5.43. The summed E-state index contributed by atoms with van der Waals surface area (Å²) in [5, 5.41) is 3.36. The van der Waals surface area contributed by atoms with Crippen LogP contribution in [0.4, 0.5) is 0 Å². The fourth-order valence-electron chi connectivity index (χ4n) is 2.53. The smallest absolute Gasteiger partial charge is 0.161 e. The molecular weight excluding hydrogens is 314 g/mol. The van der Waals surface area contributed by atoms with Gasteiger partial charge in [0.1, 0.15) is 12.4 Å². The van der Waals surface area contributed by atoms with Gasteiger partial charge in [-0.2, -0.15) is 0 Å². The third kappa shape index (κ3) is 5.13. The van der Waals surface area contributed by atoms with E-state index in [4.69, 9.17) is 13.9 Å². The van der Waals surface area contributed by atoms with Crippen LogP contribution < -0.4 is 14.8 Å². The maximum Gasteiger partial charge on any atom is 0.161 e. The molecule has 0 unspecified atom stereocenters. The molecule has 0 aliphatic heterocycles. The Morgan fingerprint density at radius 3 is 2.48 bits per heavy atom. The van der Waals surface area contributed by atoms with Gasteiger partial charge in [-0.1, -0.05) is 36.4 Å². The number of benzene rings is 2. The van der Waals surface area contributed by atoms with Crippen molar-refractivity contribution in [2.75, 3.05) is 6.61 Å². The van der Waals surface area contributed by atoms with Crippen LogP contribution in [-0.2, 0) is 19.7 Å². The molecule has 130 valence electrons. The largest absolute Gasteiger partial charge is 0.490 e. The summed E-state index contributed by atoms with van der Waals surface area (Å²) < 4.78 is 17.0. The Kier molecular flexibility index (Phi) is 6.12. The van der Waals surface area contributed by atoms with Crippen LogP contribution >= 0.6 is 0 Å². The van der Waals surface area contributed by atoms with Gasteiger partial charge in [-0.25, -0.2) is 0 Å². The molecule has 0 aliphatic carbocycles. The molecule has 1 heterocycles. The number of furan rings is 1. The second-order valence-electron chi connectivity index (χ2n) is 5.67. The molecule has 0 fully saturated rings. The van der Waals surface area contributed by atoms with Crippen LogP contribution in [-0.4, -0.2) is 6.61 Å². The summed E-state index contributed by atoms with van der Waals surface area (Å²) in [6.07, 6.45) is 1.68.